The normalized spacial score (nSPS) is 23.5. The van der Waals surface area contributed by atoms with Gasteiger partial charge in [-0.25, -0.2) is 0 Å². The molecule has 2 aliphatic heterocycles. The number of nitrogens with zero attached hydrogens (tertiary/aromatic N) is 1. The largest absolute Gasteiger partial charge is 0.326 e. The van der Waals surface area contributed by atoms with Crippen LogP contribution in [0.15, 0.2) is 18.2 Å². The Morgan fingerprint density at radius 2 is 1.86 bits per heavy atom. The van der Waals surface area contributed by atoms with Crippen molar-refractivity contribution in [3.63, 3.8) is 0 Å². The summed E-state index contributed by atoms with van der Waals surface area (Å²) in [4.78, 5) is 49.9. The average Bonchev–Trinajstić information content (AvgIpc) is 2.85. The monoisotopic (exact) mass is 384 g/mol. The molecule has 28 heavy (non-hydrogen) atoms. The van der Waals surface area contributed by atoms with Crippen molar-refractivity contribution in [2.75, 3.05) is 6.54 Å². The second kappa shape index (κ2) is 7.44. The third-order valence-electron chi connectivity index (χ3n) is 5.97. The minimum atomic E-state index is -0.938. The summed E-state index contributed by atoms with van der Waals surface area (Å²) >= 11 is 0. The summed E-state index contributed by atoms with van der Waals surface area (Å²) in [6, 6.07) is 4.33. The van der Waals surface area contributed by atoms with E-state index in [1.807, 2.05) is 0 Å². The van der Waals surface area contributed by atoms with Gasteiger partial charge in [-0.1, -0.05) is 12.5 Å². The van der Waals surface area contributed by atoms with Crippen molar-refractivity contribution < 1.29 is 19.2 Å². The lowest BCUT2D eigenvalue weighted by Crippen LogP contribution is -2.54. The van der Waals surface area contributed by atoms with Gasteiger partial charge in [-0.3, -0.25) is 29.4 Å². The molecule has 1 aromatic carbocycles. The number of carbonyl (C=O) groups excluding carboxylic acids is 4. The zero-order valence-corrected chi connectivity index (χ0v) is 15.6. The first kappa shape index (κ1) is 18.8. The number of piperidine rings is 1. The van der Waals surface area contributed by atoms with Crippen LogP contribution in [0.1, 0.15) is 58.4 Å². The number of imide groups is 2. The van der Waals surface area contributed by atoms with Crippen LogP contribution >= 0.6 is 0 Å². The molecule has 0 radical (unpaired) electrons. The zero-order valence-electron chi connectivity index (χ0n) is 15.6. The number of carbonyl (C=O) groups is 4. The molecule has 2 unspecified atom stereocenters. The van der Waals surface area contributed by atoms with E-state index in [0.717, 1.165) is 10.5 Å². The third-order valence-corrected chi connectivity index (χ3v) is 5.97. The Bertz CT molecular complexity index is 849. The molecule has 2 fully saturated rings. The Hall–Kier alpha value is -2.58. The van der Waals surface area contributed by atoms with E-state index >= 15 is 0 Å². The standard InChI is InChI=1S/C20H24N4O4/c21-15(12-2-1-3-12)10-22-9-11-4-5-13-14(8-11)20(28)24(19(13)27)16-6-7-17(25)23-18(16)26/h4-5,8,12,15-16,22H,1-3,6-7,9-10,21H2,(H,23,25,26). The molecule has 4 N–H and O–H groups in total. The predicted octanol–water partition coefficient (Wildman–Crippen LogP) is 0.305. The van der Waals surface area contributed by atoms with Gasteiger partial charge in [0.2, 0.25) is 11.8 Å². The molecule has 2 heterocycles. The van der Waals surface area contributed by atoms with Gasteiger partial charge in [0.15, 0.2) is 0 Å². The predicted molar refractivity (Wildman–Crippen MR) is 100 cm³/mol. The van der Waals surface area contributed by atoms with Crippen LogP contribution < -0.4 is 16.4 Å². The molecule has 3 aliphatic rings. The van der Waals surface area contributed by atoms with E-state index in [4.69, 9.17) is 5.73 Å². The summed E-state index contributed by atoms with van der Waals surface area (Å²) in [7, 11) is 0. The first-order valence-electron chi connectivity index (χ1n) is 9.76. The summed E-state index contributed by atoms with van der Waals surface area (Å²) in [5.41, 5.74) is 7.65. The summed E-state index contributed by atoms with van der Waals surface area (Å²) in [6.45, 7) is 1.25. The Morgan fingerprint density at radius 3 is 2.54 bits per heavy atom. The Labute approximate surface area is 162 Å². The van der Waals surface area contributed by atoms with Gasteiger partial charge in [-0.2, -0.15) is 0 Å². The van der Waals surface area contributed by atoms with Crippen LogP contribution in [0.4, 0.5) is 0 Å². The van der Waals surface area contributed by atoms with Crippen molar-refractivity contribution in [3.05, 3.63) is 34.9 Å². The number of rotatable bonds is 6. The lowest BCUT2D eigenvalue weighted by atomic mass is 9.80. The van der Waals surface area contributed by atoms with E-state index in [0.29, 0.717) is 30.1 Å². The van der Waals surface area contributed by atoms with E-state index in [1.165, 1.54) is 19.3 Å². The fourth-order valence-corrected chi connectivity index (χ4v) is 4.05. The van der Waals surface area contributed by atoms with Crippen molar-refractivity contribution in [3.8, 4) is 0 Å². The van der Waals surface area contributed by atoms with Gasteiger partial charge in [0.05, 0.1) is 11.1 Å². The van der Waals surface area contributed by atoms with Crippen molar-refractivity contribution in [2.45, 2.75) is 50.7 Å². The number of fused-ring (bicyclic) bond motifs is 1. The molecule has 8 heteroatoms. The smallest absolute Gasteiger partial charge is 0.262 e. The molecular weight excluding hydrogens is 360 g/mol. The topological polar surface area (TPSA) is 122 Å². The minimum Gasteiger partial charge on any atom is -0.326 e. The SMILES string of the molecule is NC(CNCc1ccc2c(c1)C(=O)N(C1CCC(=O)NC1=O)C2=O)C1CCC1. The molecule has 8 nitrogen and oxygen atoms in total. The summed E-state index contributed by atoms with van der Waals surface area (Å²) < 4.78 is 0. The molecule has 0 aromatic heterocycles. The molecule has 2 atom stereocenters. The maximum atomic E-state index is 12.8. The van der Waals surface area contributed by atoms with Gasteiger partial charge < -0.3 is 11.1 Å². The number of benzene rings is 1. The van der Waals surface area contributed by atoms with Crippen LogP contribution in [0, 0.1) is 5.92 Å². The number of nitrogens with two attached hydrogens (primary N) is 1. The highest BCUT2D eigenvalue weighted by atomic mass is 16.2. The first-order valence-corrected chi connectivity index (χ1v) is 9.76. The number of amides is 4. The van der Waals surface area contributed by atoms with E-state index in [-0.39, 0.29) is 24.8 Å². The molecule has 1 saturated carbocycles. The zero-order chi connectivity index (χ0) is 19.8. The van der Waals surface area contributed by atoms with Crippen LogP contribution in [0.2, 0.25) is 0 Å². The van der Waals surface area contributed by atoms with Gasteiger partial charge in [-0.15, -0.1) is 0 Å². The molecule has 1 aliphatic carbocycles. The van der Waals surface area contributed by atoms with E-state index in [1.54, 1.807) is 18.2 Å². The number of hydrogen-bond donors (Lipinski definition) is 3. The van der Waals surface area contributed by atoms with E-state index in [9.17, 15) is 19.2 Å². The molecule has 4 amide bonds. The first-order chi connectivity index (χ1) is 13.5. The molecular formula is C20H24N4O4. The van der Waals surface area contributed by atoms with Crippen LogP contribution in [-0.2, 0) is 16.1 Å². The van der Waals surface area contributed by atoms with Crippen molar-refractivity contribution >= 4 is 23.6 Å². The Kier molecular flexibility index (Phi) is 4.99. The lowest BCUT2D eigenvalue weighted by Gasteiger charge is -2.31. The second-order valence-electron chi connectivity index (χ2n) is 7.81. The quantitative estimate of drug-likeness (QED) is 0.607. The van der Waals surface area contributed by atoms with E-state index in [2.05, 4.69) is 10.6 Å². The Morgan fingerprint density at radius 1 is 1.11 bits per heavy atom. The maximum absolute atomic E-state index is 12.8. The number of nitrogens with one attached hydrogen (secondary N) is 2. The highest BCUT2D eigenvalue weighted by Crippen LogP contribution is 2.29. The minimum absolute atomic E-state index is 0.111. The molecule has 148 valence electrons. The molecule has 0 spiro atoms. The molecule has 4 rings (SSSR count). The average molecular weight is 384 g/mol. The van der Waals surface area contributed by atoms with Crippen LogP contribution in [-0.4, -0.2) is 47.2 Å². The molecule has 1 aromatic rings. The fraction of sp³-hybridized carbons (Fsp3) is 0.500. The van der Waals surface area contributed by atoms with Gasteiger partial charge in [0.1, 0.15) is 6.04 Å². The van der Waals surface area contributed by atoms with Gasteiger partial charge in [0, 0.05) is 25.6 Å². The Balaban J connectivity index is 1.43. The summed E-state index contributed by atoms with van der Waals surface area (Å²) in [5.74, 6) is -1.36. The van der Waals surface area contributed by atoms with Crippen molar-refractivity contribution in [1.29, 1.82) is 0 Å². The van der Waals surface area contributed by atoms with E-state index < -0.39 is 23.8 Å². The van der Waals surface area contributed by atoms with Crippen LogP contribution in [0.5, 0.6) is 0 Å². The third kappa shape index (κ3) is 3.33. The molecule has 0 bridgehead atoms. The second-order valence-corrected chi connectivity index (χ2v) is 7.81. The number of hydrogen-bond acceptors (Lipinski definition) is 6. The van der Waals surface area contributed by atoms with Gasteiger partial charge in [-0.05, 0) is 42.9 Å². The van der Waals surface area contributed by atoms with Crippen LogP contribution in [0.3, 0.4) is 0 Å². The lowest BCUT2D eigenvalue weighted by molar-refractivity contribution is -0.136. The fourth-order valence-electron chi connectivity index (χ4n) is 4.05. The van der Waals surface area contributed by atoms with Crippen molar-refractivity contribution in [1.82, 2.24) is 15.5 Å². The maximum Gasteiger partial charge on any atom is 0.262 e. The van der Waals surface area contributed by atoms with Crippen molar-refractivity contribution in [2.24, 2.45) is 11.7 Å². The van der Waals surface area contributed by atoms with Gasteiger partial charge >= 0.3 is 0 Å². The van der Waals surface area contributed by atoms with Crippen LogP contribution in [0.25, 0.3) is 0 Å². The highest BCUT2D eigenvalue weighted by Gasteiger charge is 2.44. The molecule has 1 saturated heterocycles. The van der Waals surface area contributed by atoms with Gasteiger partial charge in [0.25, 0.3) is 11.8 Å². The summed E-state index contributed by atoms with van der Waals surface area (Å²) in [6.07, 6.45) is 3.90. The summed E-state index contributed by atoms with van der Waals surface area (Å²) in [5, 5.41) is 5.51. The highest BCUT2D eigenvalue weighted by molar-refractivity contribution is 6.23.